The van der Waals surface area contributed by atoms with E-state index in [9.17, 15) is 14.7 Å². The first-order valence-corrected chi connectivity index (χ1v) is 9.89. The van der Waals surface area contributed by atoms with E-state index < -0.39 is 10.8 Å². The minimum atomic E-state index is -0.945. The van der Waals surface area contributed by atoms with Crippen molar-refractivity contribution in [2.75, 3.05) is 32.1 Å². The van der Waals surface area contributed by atoms with Crippen molar-refractivity contribution in [2.45, 2.75) is 31.7 Å². The second-order valence-corrected chi connectivity index (χ2v) is 8.38. The summed E-state index contributed by atoms with van der Waals surface area (Å²) in [6.07, 6.45) is 1.86. The Kier molecular flexibility index (Phi) is 4.71. The summed E-state index contributed by atoms with van der Waals surface area (Å²) in [5.41, 5.74) is 3.33. The van der Waals surface area contributed by atoms with E-state index >= 15 is 0 Å². The summed E-state index contributed by atoms with van der Waals surface area (Å²) >= 11 is 5.50. The summed E-state index contributed by atoms with van der Waals surface area (Å²) in [5.74, 6) is -0.341. The van der Waals surface area contributed by atoms with Crippen molar-refractivity contribution in [1.29, 1.82) is 0 Å². The number of anilines is 1. The summed E-state index contributed by atoms with van der Waals surface area (Å²) in [7, 11) is 4.23. The third kappa shape index (κ3) is 3.01. The van der Waals surface area contributed by atoms with Crippen LogP contribution in [-0.2, 0) is 6.42 Å². The highest BCUT2D eigenvalue weighted by molar-refractivity contribution is 6.68. The van der Waals surface area contributed by atoms with Crippen LogP contribution < -0.4 is 10.5 Å². The Hall–Kier alpha value is -2.31. The van der Waals surface area contributed by atoms with E-state index in [2.05, 4.69) is 41.0 Å². The van der Waals surface area contributed by atoms with Crippen LogP contribution >= 0.6 is 11.6 Å². The number of aromatic hydroxyl groups is 1. The fraction of sp³-hybridized carbons (Fsp3) is 0.429. The number of H-pyrrole nitrogens is 1. The number of carbonyl (C=O) groups is 1. The van der Waals surface area contributed by atoms with Gasteiger partial charge < -0.3 is 19.9 Å². The van der Waals surface area contributed by atoms with Crippen LogP contribution in [0.1, 0.15) is 40.7 Å². The number of likely N-dealkylation sites (N-methyl/N-ethyl adjacent to an activating group) is 1. The Labute approximate surface area is 168 Å². The van der Waals surface area contributed by atoms with Gasteiger partial charge in [0.15, 0.2) is 0 Å². The molecule has 0 saturated carbocycles. The number of halogens is 1. The van der Waals surface area contributed by atoms with E-state index in [0.29, 0.717) is 17.3 Å². The van der Waals surface area contributed by atoms with E-state index in [-0.39, 0.29) is 17.2 Å². The fourth-order valence-electron chi connectivity index (χ4n) is 4.50. The Balaban J connectivity index is 1.77. The predicted molar refractivity (Wildman–Crippen MR) is 111 cm³/mol. The van der Waals surface area contributed by atoms with Crippen LogP contribution in [0.5, 0.6) is 5.75 Å². The number of benzene rings is 1. The van der Waals surface area contributed by atoms with Gasteiger partial charge in [0.2, 0.25) is 0 Å². The molecule has 1 saturated heterocycles. The molecule has 1 fully saturated rings. The molecule has 0 amide bonds. The standard InChI is InChI=1S/C21H24ClN3O3/c1-11-8-12-9-13(25-7-6-14(10-25)24(2)3)4-5-15(12)18-16(11)19(26)17(20(22)27)21(28)23-18/h4-5,9,11,14H,6-8,10H2,1-3H3,(H2,23,26,28). The topological polar surface area (TPSA) is 76.6 Å². The molecule has 2 atom stereocenters. The molecular weight excluding hydrogens is 378 g/mol. The second-order valence-electron chi connectivity index (χ2n) is 8.04. The van der Waals surface area contributed by atoms with Crippen LogP contribution in [0.4, 0.5) is 5.69 Å². The summed E-state index contributed by atoms with van der Waals surface area (Å²) in [6.45, 7) is 4.00. The highest BCUT2D eigenvalue weighted by atomic mass is 35.5. The van der Waals surface area contributed by atoms with Crippen LogP contribution in [0.3, 0.4) is 0 Å². The molecule has 2 aromatic rings. The Morgan fingerprint density at radius 1 is 1.36 bits per heavy atom. The van der Waals surface area contributed by atoms with E-state index in [1.165, 1.54) is 5.69 Å². The molecule has 1 aliphatic heterocycles. The molecular formula is C21H24ClN3O3. The number of rotatable bonds is 3. The molecule has 0 spiro atoms. The molecule has 2 heterocycles. The number of nitrogens with zero attached hydrogens (tertiary/aromatic N) is 2. The lowest BCUT2D eigenvalue weighted by molar-refractivity contribution is 0.107. The highest BCUT2D eigenvalue weighted by Crippen LogP contribution is 2.44. The lowest BCUT2D eigenvalue weighted by atomic mass is 9.81. The van der Waals surface area contributed by atoms with Crippen LogP contribution in [-0.4, -0.2) is 53.5 Å². The third-order valence-corrected chi connectivity index (χ3v) is 6.25. The van der Waals surface area contributed by atoms with Gasteiger partial charge in [-0.15, -0.1) is 0 Å². The Bertz CT molecular complexity index is 1010. The molecule has 1 aromatic carbocycles. The molecule has 2 unspecified atom stereocenters. The molecule has 28 heavy (non-hydrogen) atoms. The first kappa shape index (κ1) is 19.0. The minimum absolute atomic E-state index is 0.0440. The SMILES string of the molecule is CC1Cc2cc(N3CCC(N(C)C)C3)ccc2-c2[nH]c(=O)c(C(=O)Cl)c(O)c21. The third-order valence-electron chi connectivity index (χ3n) is 6.06. The van der Waals surface area contributed by atoms with Crippen LogP contribution in [0, 0.1) is 0 Å². The maximum Gasteiger partial charge on any atom is 0.264 e. The maximum atomic E-state index is 12.3. The van der Waals surface area contributed by atoms with Crippen molar-refractivity contribution in [3.8, 4) is 17.0 Å². The largest absolute Gasteiger partial charge is 0.507 e. The molecule has 0 radical (unpaired) electrons. The molecule has 4 rings (SSSR count). The molecule has 1 aromatic heterocycles. The zero-order valence-corrected chi connectivity index (χ0v) is 17.0. The van der Waals surface area contributed by atoms with Crippen molar-refractivity contribution in [1.82, 2.24) is 9.88 Å². The number of aromatic amines is 1. The fourth-order valence-corrected chi connectivity index (χ4v) is 4.67. The second kappa shape index (κ2) is 6.94. The molecule has 6 nitrogen and oxygen atoms in total. The van der Waals surface area contributed by atoms with E-state index in [1.54, 1.807) is 0 Å². The van der Waals surface area contributed by atoms with Crippen molar-refractivity contribution in [3.63, 3.8) is 0 Å². The Morgan fingerprint density at radius 2 is 2.11 bits per heavy atom. The molecule has 7 heteroatoms. The summed E-state index contributed by atoms with van der Waals surface area (Å²) < 4.78 is 0. The van der Waals surface area contributed by atoms with Crippen LogP contribution in [0.25, 0.3) is 11.3 Å². The number of hydrogen-bond acceptors (Lipinski definition) is 5. The van der Waals surface area contributed by atoms with Crippen LogP contribution in [0.15, 0.2) is 23.0 Å². The van der Waals surface area contributed by atoms with Crippen molar-refractivity contribution in [3.05, 3.63) is 45.2 Å². The van der Waals surface area contributed by atoms with E-state index in [0.717, 1.165) is 37.1 Å². The first-order valence-electron chi connectivity index (χ1n) is 9.51. The lowest BCUT2D eigenvalue weighted by Gasteiger charge is -2.28. The van der Waals surface area contributed by atoms with Gasteiger partial charge in [-0.2, -0.15) is 0 Å². The molecule has 148 valence electrons. The van der Waals surface area contributed by atoms with Crippen molar-refractivity contribution >= 4 is 22.5 Å². The maximum absolute atomic E-state index is 12.3. The van der Waals surface area contributed by atoms with Gasteiger partial charge in [0.1, 0.15) is 11.3 Å². The smallest absolute Gasteiger partial charge is 0.264 e. The quantitative estimate of drug-likeness (QED) is 0.773. The zero-order chi connectivity index (χ0) is 20.2. The Morgan fingerprint density at radius 3 is 2.75 bits per heavy atom. The minimum Gasteiger partial charge on any atom is -0.507 e. The summed E-state index contributed by atoms with van der Waals surface area (Å²) in [4.78, 5) is 31.3. The molecule has 1 aliphatic carbocycles. The van der Waals surface area contributed by atoms with Gasteiger partial charge in [-0.1, -0.05) is 13.0 Å². The molecule has 2 aliphatic rings. The van der Waals surface area contributed by atoms with E-state index in [1.807, 2.05) is 13.0 Å². The number of carbonyl (C=O) groups excluding carboxylic acids is 1. The average Bonchev–Trinajstić information content (AvgIpc) is 3.11. The molecule has 2 N–H and O–H groups in total. The van der Waals surface area contributed by atoms with Crippen molar-refractivity contribution in [2.24, 2.45) is 0 Å². The summed E-state index contributed by atoms with van der Waals surface area (Å²) in [5, 5.41) is 9.61. The number of aromatic nitrogens is 1. The van der Waals surface area contributed by atoms with Crippen molar-refractivity contribution < 1.29 is 9.90 Å². The average molecular weight is 402 g/mol. The lowest BCUT2D eigenvalue weighted by Crippen LogP contribution is -2.31. The number of nitrogens with one attached hydrogen (secondary N) is 1. The van der Waals surface area contributed by atoms with E-state index in [4.69, 9.17) is 11.6 Å². The highest BCUT2D eigenvalue weighted by Gasteiger charge is 2.31. The van der Waals surface area contributed by atoms with Gasteiger partial charge in [-0.05, 0) is 62.2 Å². The normalized spacial score (nSPS) is 21.0. The van der Waals surface area contributed by atoms with Gasteiger partial charge in [0.25, 0.3) is 10.8 Å². The summed E-state index contributed by atoms with van der Waals surface area (Å²) in [6, 6.07) is 6.79. The van der Waals surface area contributed by atoms with Gasteiger partial charge in [0.05, 0.1) is 5.69 Å². The van der Waals surface area contributed by atoms with Gasteiger partial charge in [0, 0.05) is 35.9 Å². The van der Waals surface area contributed by atoms with Gasteiger partial charge >= 0.3 is 0 Å². The number of hydrogen-bond donors (Lipinski definition) is 2. The first-order chi connectivity index (χ1) is 13.3. The number of pyridine rings is 1. The predicted octanol–water partition coefficient (Wildman–Crippen LogP) is 2.93. The van der Waals surface area contributed by atoms with Gasteiger partial charge in [-0.3, -0.25) is 9.59 Å². The zero-order valence-electron chi connectivity index (χ0n) is 16.3. The monoisotopic (exact) mass is 401 g/mol. The van der Waals surface area contributed by atoms with Crippen LogP contribution in [0.2, 0.25) is 0 Å². The molecule has 0 bridgehead atoms. The number of fused-ring (bicyclic) bond motifs is 3. The van der Waals surface area contributed by atoms with Gasteiger partial charge in [-0.25, -0.2) is 0 Å².